The third-order valence-electron chi connectivity index (χ3n) is 5.44. The van der Waals surface area contributed by atoms with Crippen LogP contribution < -0.4 is 5.32 Å². The summed E-state index contributed by atoms with van der Waals surface area (Å²) in [6.45, 7) is 25.3. The Hall–Kier alpha value is -1.98. The van der Waals surface area contributed by atoms with Gasteiger partial charge in [-0.1, -0.05) is 80.5 Å². The van der Waals surface area contributed by atoms with Crippen LogP contribution in [0, 0.1) is 11.3 Å². The lowest BCUT2D eigenvalue weighted by Gasteiger charge is -2.39. The molecule has 0 heterocycles. The van der Waals surface area contributed by atoms with Crippen LogP contribution in [0.2, 0.25) is 0 Å². The van der Waals surface area contributed by atoms with E-state index in [1.807, 2.05) is 87.5 Å². The summed E-state index contributed by atoms with van der Waals surface area (Å²) in [7, 11) is 0. The van der Waals surface area contributed by atoms with E-state index in [0.29, 0.717) is 19.7 Å². The molecule has 0 radical (unpaired) electrons. The zero-order valence-corrected chi connectivity index (χ0v) is 27.1. The van der Waals surface area contributed by atoms with Crippen LogP contribution in [0.3, 0.4) is 0 Å². The lowest BCUT2D eigenvalue weighted by Crippen LogP contribution is -2.60. The minimum atomic E-state index is -1.81. The number of nitrogens with one attached hydrogen (secondary N) is 1. The third kappa shape index (κ3) is 19.2. The topological polar surface area (TPSA) is 132 Å². The summed E-state index contributed by atoms with van der Waals surface area (Å²) in [6.07, 6.45) is 3.67. The number of unbranched alkanes of at least 4 members (excludes halogenated alkanes) is 1. The van der Waals surface area contributed by atoms with Gasteiger partial charge in [-0.15, -0.1) is 6.58 Å². The SMILES string of the molecule is C=CCC/C=C/CN(CC)C(=O)OCCN(C(=O)[C@@H](NC(O)OCC(C)C)C(C)(C)C)C(C)C(O)O.CC.CC. The van der Waals surface area contributed by atoms with Crippen molar-refractivity contribution in [2.24, 2.45) is 11.3 Å². The Morgan fingerprint density at radius 3 is 2.02 bits per heavy atom. The number of likely N-dealkylation sites (N-methyl/N-ethyl adjacent to an activating group) is 1. The summed E-state index contributed by atoms with van der Waals surface area (Å²) in [4.78, 5) is 28.8. The van der Waals surface area contributed by atoms with Crippen molar-refractivity contribution in [2.75, 3.05) is 32.8 Å². The number of carbonyl (C=O) groups excluding carboxylic acids is 2. The van der Waals surface area contributed by atoms with E-state index in [2.05, 4.69) is 11.9 Å². The van der Waals surface area contributed by atoms with Crippen molar-refractivity contribution in [3.05, 3.63) is 24.8 Å². The van der Waals surface area contributed by atoms with Gasteiger partial charge in [0.2, 0.25) is 12.3 Å². The number of hydrogen-bond donors (Lipinski definition) is 4. The Morgan fingerprint density at radius 1 is 1.00 bits per heavy atom. The number of allylic oxidation sites excluding steroid dienone is 2. The molecule has 0 saturated carbocycles. The lowest BCUT2D eigenvalue weighted by molar-refractivity contribution is -0.164. The summed E-state index contributed by atoms with van der Waals surface area (Å²) < 4.78 is 10.7. The number of rotatable bonds is 17. The van der Waals surface area contributed by atoms with Crippen molar-refractivity contribution in [3.63, 3.8) is 0 Å². The van der Waals surface area contributed by atoms with Crippen LogP contribution in [0.1, 0.15) is 89.0 Å². The Morgan fingerprint density at radius 2 is 1.57 bits per heavy atom. The highest BCUT2D eigenvalue weighted by Crippen LogP contribution is 2.23. The second-order valence-corrected chi connectivity index (χ2v) is 10.2. The number of nitrogens with zero attached hydrogens (tertiary/aromatic N) is 2. The predicted molar refractivity (Wildman–Crippen MR) is 162 cm³/mol. The number of carbonyl (C=O) groups is 2. The van der Waals surface area contributed by atoms with Crippen molar-refractivity contribution in [1.82, 2.24) is 15.1 Å². The summed E-state index contributed by atoms with van der Waals surface area (Å²) in [5.74, 6) is -0.296. The maximum atomic E-state index is 13.5. The highest BCUT2D eigenvalue weighted by atomic mass is 16.6. The molecule has 238 valence electrons. The van der Waals surface area contributed by atoms with Gasteiger partial charge in [0.15, 0.2) is 6.29 Å². The van der Waals surface area contributed by atoms with Crippen molar-refractivity contribution < 1.29 is 34.4 Å². The van der Waals surface area contributed by atoms with E-state index in [4.69, 9.17) is 9.47 Å². The number of hydrogen-bond acceptors (Lipinski definition) is 8. The van der Waals surface area contributed by atoms with Crippen LogP contribution >= 0.6 is 0 Å². The lowest BCUT2D eigenvalue weighted by atomic mass is 9.85. The van der Waals surface area contributed by atoms with E-state index in [1.165, 1.54) is 16.7 Å². The zero-order chi connectivity index (χ0) is 31.9. The van der Waals surface area contributed by atoms with E-state index in [1.54, 1.807) is 0 Å². The molecule has 0 aromatic heterocycles. The Bertz CT molecular complexity index is 679. The standard InChI is InChI=1S/C26H49N3O7.2C2H6/c1-9-11-12-13-14-15-28(10-2)25(34)35-17-16-29(20(5)23(31)32)22(30)21(26(6,7)8)27-24(33)36-18-19(3)4;2*1-2/h9,13-14,19-21,23-24,27,31-33H,1,10-12,15-18H2,2-8H3;2*1-2H3/b14-13+;;/t20?,21-,24?;;/m1../s1. The molecule has 0 aliphatic rings. The molecule has 0 saturated heterocycles. The molecule has 40 heavy (non-hydrogen) atoms. The first-order valence-corrected chi connectivity index (χ1v) is 14.7. The monoisotopic (exact) mass is 575 g/mol. The van der Waals surface area contributed by atoms with Gasteiger partial charge in [0.05, 0.1) is 25.2 Å². The van der Waals surface area contributed by atoms with Gasteiger partial charge in [-0.05, 0) is 38.0 Å². The van der Waals surface area contributed by atoms with Gasteiger partial charge < -0.3 is 34.6 Å². The first-order chi connectivity index (χ1) is 18.8. The fourth-order valence-corrected chi connectivity index (χ4v) is 3.20. The van der Waals surface area contributed by atoms with Crippen molar-refractivity contribution in [2.45, 2.75) is 114 Å². The largest absolute Gasteiger partial charge is 0.448 e. The molecule has 0 aliphatic heterocycles. The van der Waals surface area contributed by atoms with Crippen molar-refractivity contribution >= 4 is 12.0 Å². The molecule has 2 unspecified atom stereocenters. The van der Waals surface area contributed by atoms with E-state index < -0.39 is 42.2 Å². The van der Waals surface area contributed by atoms with Crippen LogP contribution in [0.4, 0.5) is 4.79 Å². The van der Waals surface area contributed by atoms with Gasteiger partial charge in [0.25, 0.3) is 0 Å². The summed E-state index contributed by atoms with van der Waals surface area (Å²) in [6, 6.07) is -1.89. The summed E-state index contributed by atoms with van der Waals surface area (Å²) >= 11 is 0. The molecule has 4 N–H and O–H groups in total. The third-order valence-corrected chi connectivity index (χ3v) is 5.44. The Kier molecular flexibility index (Phi) is 26.3. The molecule has 2 amide bonds. The molecule has 0 rings (SSSR count). The fourth-order valence-electron chi connectivity index (χ4n) is 3.20. The predicted octanol–water partition coefficient (Wildman–Crippen LogP) is 4.50. The molecule has 0 spiro atoms. The van der Waals surface area contributed by atoms with Crippen LogP contribution in [0.15, 0.2) is 24.8 Å². The molecule has 10 heteroatoms. The van der Waals surface area contributed by atoms with Gasteiger partial charge in [-0.2, -0.15) is 0 Å². The van der Waals surface area contributed by atoms with Gasteiger partial charge in [-0.3, -0.25) is 10.1 Å². The van der Waals surface area contributed by atoms with Crippen LogP contribution in [-0.2, 0) is 14.3 Å². The van der Waals surface area contributed by atoms with Gasteiger partial charge in [-0.25, -0.2) is 4.79 Å². The average molecular weight is 576 g/mol. The van der Waals surface area contributed by atoms with Crippen LogP contribution in [0.5, 0.6) is 0 Å². The fraction of sp³-hybridized carbons (Fsp3) is 0.800. The zero-order valence-electron chi connectivity index (χ0n) is 27.1. The first-order valence-electron chi connectivity index (χ1n) is 14.7. The van der Waals surface area contributed by atoms with Crippen molar-refractivity contribution in [1.29, 1.82) is 0 Å². The molecule has 0 bridgehead atoms. The molecular formula is C30H61N3O7. The molecule has 3 atom stereocenters. The van der Waals surface area contributed by atoms with Crippen LogP contribution in [-0.4, -0.2) is 94.8 Å². The summed E-state index contributed by atoms with van der Waals surface area (Å²) in [5, 5.41) is 32.6. The number of amides is 2. The van der Waals surface area contributed by atoms with E-state index in [9.17, 15) is 24.9 Å². The normalized spacial score (nSPS) is 13.5. The maximum absolute atomic E-state index is 13.5. The highest BCUT2D eigenvalue weighted by Gasteiger charge is 2.38. The Balaban J connectivity index is -0.00000326. The minimum absolute atomic E-state index is 0.0622. The molecule has 0 aliphatic carbocycles. The van der Waals surface area contributed by atoms with E-state index >= 15 is 0 Å². The second kappa shape index (κ2) is 24.8. The van der Waals surface area contributed by atoms with Gasteiger partial charge in [0.1, 0.15) is 6.61 Å². The Labute approximate surface area is 244 Å². The average Bonchev–Trinajstić information content (AvgIpc) is 2.91. The van der Waals surface area contributed by atoms with E-state index in [-0.39, 0.29) is 19.1 Å². The number of ether oxygens (including phenoxy) is 2. The molecule has 0 fully saturated rings. The molecule has 0 aromatic rings. The summed E-state index contributed by atoms with van der Waals surface area (Å²) in [5.41, 5.74) is -0.648. The van der Waals surface area contributed by atoms with Gasteiger partial charge in [0, 0.05) is 13.1 Å². The number of aliphatic hydroxyl groups excluding tert-OH is 2. The van der Waals surface area contributed by atoms with Crippen molar-refractivity contribution in [3.8, 4) is 0 Å². The molecular weight excluding hydrogens is 514 g/mol. The molecule has 0 aromatic carbocycles. The second-order valence-electron chi connectivity index (χ2n) is 10.2. The maximum Gasteiger partial charge on any atom is 0.410 e. The first kappa shape index (κ1) is 42.5. The quantitative estimate of drug-likeness (QED) is 0.113. The van der Waals surface area contributed by atoms with Crippen LogP contribution in [0.25, 0.3) is 0 Å². The smallest absolute Gasteiger partial charge is 0.410 e. The number of aliphatic hydroxyl groups is 3. The minimum Gasteiger partial charge on any atom is -0.448 e. The molecule has 10 nitrogen and oxygen atoms in total. The highest BCUT2D eigenvalue weighted by molar-refractivity contribution is 5.83. The van der Waals surface area contributed by atoms with E-state index in [0.717, 1.165) is 12.8 Å². The van der Waals surface area contributed by atoms with Gasteiger partial charge >= 0.3 is 6.09 Å².